The Kier molecular flexibility index (Phi) is 4.33. The molecule has 2 N–H and O–H groups in total. The van der Waals surface area contributed by atoms with Crippen molar-refractivity contribution in [3.05, 3.63) is 29.3 Å². The molecule has 98 valence electrons. The van der Waals surface area contributed by atoms with Crippen LogP contribution in [0.4, 0.5) is 5.69 Å². The highest BCUT2D eigenvalue weighted by atomic mass is 16.2. The first kappa shape index (κ1) is 13.1. The van der Waals surface area contributed by atoms with E-state index in [9.17, 15) is 4.79 Å². The van der Waals surface area contributed by atoms with E-state index in [1.165, 1.54) is 5.56 Å². The first-order chi connectivity index (χ1) is 8.76. The van der Waals surface area contributed by atoms with Crippen molar-refractivity contribution in [3.63, 3.8) is 0 Å². The van der Waals surface area contributed by atoms with E-state index in [-0.39, 0.29) is 5.91 Å². The number of fused-ring (bicyclic) bond motifs is 1. The predicted octanol–water partition coefficient (Wildman–Crippen LogP) is 0.905. The summed E-state index contributed by atoms with van der Waals surface area (Å²) < 4.78 is 0. The fourth-order valence-corrected chi connectivity index (χ4v) is 2.41. The molecule has 1 aliphatic heterocycles. The zero-order valence-corrected chi connectivity index (χ0v) is 11.1. The molecule has 0 bridgehead atoms. The van der Waals surface area contributed by atoms with E-state index in [0.29, 0.717) is 6.42 Å². The third kappa shape index (κ3) is 2.71. The standard InChI is InChI=1S/C14H21N3O/c1-15-6-3-7-17-13-5-4-11(10-16-2)8-12(13)9-14(17)18/h4-5,8,15-16H,3,6-7,9-10H2,1-2H3. The summed E-state index contributed by atoms with van der Waals surface area (Å²) in [4.78, 5) is 13.9. The number of carbonyl (C=O) groups is 1. The fraction of sp³-hybridized carbons (Fsp3) is 0.500. The van der Waals surface area contributed by atoms with Crippen LogP contribution in [0, 0.1) is 0 Å². The lowest BCUT2D eigenvalue weighted by Gasteiger charge is -2.17. The van der Waals surface area contributed by atoms with Gasteiger partial charge < -0.3 is 15.5 Å². The molecule has 0 radical (unpaired) electrons. The summed E-state index contributed by atoms with van der Waals surface area (Å²) in [5.74, 6) is 0.225. The fourth-order valence-electron chi connectivity index (χ4n) is 2.41. The summed E-state index contributed by atoms with van der Waals surface area (Å²) in [5.41, 5.74) is 3.49. The molecule has 4 nitrogen and oxygen atoms in total. The summed E-state index contributed by atoms with van der Waals surface area (Å²) >= 11 is 0. The number of amides is 1. The molecule has 0 aromatic heterocycles. The summed E-state index contributed by atoms with van der Waals surface area (Å²) in [6.45, 7) is 2.59. The summed E-state index contributed by atoms with van der Waals surface area (Å²) in [7, 11) is 3.87. The lowest BCUT2D eigenvalue weighted by atomic mass is 10.1. The zero-order valence-electron chi connectivity index (χ0n) is 11.1. The molecule has 0 saturated carbocycles. The van der Waals surface area contributed by atoms with Crippen molar-refractivity contribution in [2.45, 2.75) is 19.4 Å². The van der Waals surface area contributed by atoms with Crippen molar-refractivity contribution < 1.29 is 4.79 Å². The molecular weight excluding hydrogens is 226 g/mol. The van der Waals surface area contributed by atoms with Crippen molar-refractivity contribution in [2.24, 2.45) is 0 Å². The van der Waals surface area contributed by atoms with Crippen LogP contribution in [0.1, 0.15) is 17.5 Å². The average molecular weight is 247 g/mol. The Hall–Kier alpha value is -1.39. The minimum Gasteiger partial charge on any atom is -0.320 e. The van der Waals surface area contributed by atoms with E-state index < -0.39 is 0 Å². The van der Waals surface area contributed by atoms with Crippen LogP contribution in [0.15, 0.2) is 18.2 Å². The molecule has 18 heavy (non-hydrogen) atoms. The maximum absolute atomic E-state index is 12.0. The number of carbonyl (C=O) groups excluding carboxylic acids is 1. The monoisotopic (exact) mass is 247 g/mol. The van der Waals surface area contributed by atoms with Gasteiger partial charge in [0.25, 0.3) is 0 Å². The van der Waals surface area contributed by atoms with E-state index >= 15 is 0 Å². The van der Waals surface area contributed by atoms with Crippen molar-refractivity contribution in [2.75, 3.05) is 32.1 Å². The van der Waals surface area contributed by atoms with Gasteiger partial charge in [-0.2, -0.15) is 0 Å². The Morgan fingerprint density at radius 3 is 2.83 bits per heavy atom. The Labute approximate surface area is 108 Å². The molecular formula is C14H21N3O. The molecule has 1 aromatic carbocycles. The van der Waals surface area contributed by atoms with Gasteiger partial charge in [0.2, 0.25) is 5.91 Å². The van der Waals surface area contributed by atoms with E-state index in [2.05, 4.69) is 28.8 Å². The Morgan fingerprint density at radius 2 is 2.11 bits per heavy atom. The minimum absolute atomic E-state index is 0.225. The van der Waals surface area contributed by atoms with Crippen LogP contribution in [0.25, 0.3) is 0 Å². The van der Waals surface area contributed by atoms with Gasteiger partial charge in [-0.15, -0.1) is 0 Å². The van der Waals surface area contributed by atoms with Crippen LogP contribution >= 0.6 is 0 Å². The Morgan fingerprint density at radius 1 is 1.28 bits per heavy atom. The smallest absolute Gasteiger partial charge is 0.231 e. The predicted molar refractivity (Wildman–Crippen MR) is 73.8 cm³/mol. The number of benzene rings is 1. The number of nitrogens with zero attached hydrogens (tertiary/aromatic N) is 1. The van der Waals surface area contributed by atoms with Crippen molar-refractivity contribution in [1.29, 1.82) is 0 Å². The topological polar surface area (TPSA) is 44.4 Å². The molecule has 2 rings (SSSR count). The van der Waals surface area contributed by atoms with E-state index in [1.54, 1.807) is 0 Å². The highest BCUT2D eigenvalue weighted by Crippen LogP contribution is 2.29. The normalized spacial score (nSPS) is 14.1. The molecule has 1 aliphatic rings. The van der Waals surface area contributed by atoms with Gasteiger partial charge in [0.05, 0.1) is 6.42 Å². The average Bonchev–Trinajstić information content (AvgIpc) is 2.66. The van der Waals surface area contributed by atoms with Crippen molar-refractivity contribution >= 4 is 11.6 Å². The van der Waals surface area contributed by atoms with E-state index in [1.807, 2.05) is 19.0 Å². The quantitative estimate of drug-likeness (QED) is 0.734. The van der Waals surface area contributed by atoms with Gasteiger partial charge >= 0.3 is 0 Å². The summed E-state index contributed by atoms with van der Waals surface area (Å²) in [6.07, 6.45) is 1.53. The molecule has 0 atom stereocenters. The van der Waals surface area contributed by atoms with Crippen LogP contribution in [-0.2, 0) is 17.8 Å². The number of anilines is 1. The molecule has 4 heteroatoms. The van der Waals surface area contributed by atoms with E-state index in [0.717, 1.165) is 37.3 Å². The molecule has 0 spiro atoms. The maximum atomic E-state index is 12.0. The Bertz CT molecular complexity index is 431. The van der Waals surface area contributed by atoms with Gasteiger partial charge in [-0.05, 0) is 44.3 Å². The molecule has 1 heterocycles. The van der Waals surface area contributed by atoms with Gasteiger partial charge in [0.15, 0.2) is 0 Å². The van der Waals surface area contributed by atoms with Crippen LogP contribution in [0.5, 0.6) is 0 Å². The SMILES string of the molecule is CNCCCN1C(=O)Cc2cc(CNC)ccc21. The number of hydrogen-bond donors (Lipinski definition) is 2. The van der Waals surface area contributed by atoms with Gasteiger partial charge in [-0.25, -0.2) is 0 Å². The molecule has 0 unspecified atom stereocenters. The van der Waals surface area contributed by atoms with Crippen molar-refractivity contribution in [3.8, 4) is 0 Å². The number of nitrogens with one attached hydrogen (secondary N) is 2. The number of hydrogen-bond acceptors (Lipinski definition) is 3. The van der Waals surface area contributed by atoms with E-state index in [4.69, 9.17) is 0 Å². The third-order valence-electron chi connectivity index (χ3n) is 3.27. The zero-order chi connectivity index (χ0) is 13.0. The van der Waals surface area contributed by atoms with Gasteiger partial charge in [-0.1, -0.05) is 12.1 Å². The van der Waals surface area contributed by atoms with Gasteiger partial charge in [0, 0.05) is 18.8 Å². The molecule has 0 saturated heterocycles. The molecule has 1 aromatic rings. The largest absolute Gasteiger partial charge is 0.320 e. The van der Waals surface area contributed by atoms with Gasteiger partial charge in [0.1, 0.15) is 0 Å². The van der Waals surface area contributed by atoms with Crippen LogP contribution in [-0.4, -0.2) is 33.1 Å². The second-order valence-electron chi connectivity index (χ2n) is 4.67. The molecule has 1 amide bonds. The lowest BCUT2D eigenvalue weighted by Crippen LogP contribution is -2.29. The lowest BCUT2D eigenvalue weighted by molar-refractivity contribution is -0.117. The highest BCUT2D eigenvalue weighted by Gasteiger charge is 2.26. The Balaban J connectivity index is 2.11. The summed E-state index contributed by atoms with van der Waals surface area (Å²) in [6, 6.07) is 6.31. The molecule has 0 fully saturated rings. The van der Waals surface area contributed by atoms with Crippen LogP contribution in [0.2, 0.25) is 0 Å². The first-order valence-corrected chi connectivity index (χ1v) is 6.47. The second kappa shape index (κ2) is 5.98. The van der Waals surface area contributed by atoms with Crippen LogP contribution < -0.4 is 15.5 Å². The van der Waals surface area contributed by atoms with Crippen molar-refractivity contribution in [1.82, 2.24) is 10.6 Å². The maximum Gasteiger partial charge on any atom is 0.231 e. The second-order valence-corrected chi connectivity index (χ2v) is 4.67. The third-order valence-corrected chi connectivity index (χ3v) is 3.27. The highest BCUT2D eigenvalue weighted by molar-refractivity contribution is 6.01. The summed E-state index contributed by atoms with van der Waals surface area (Å²) in [5, 5.41) is 6.24. The number of rotatable bonds is 6. The molecule has 0 aliphatic carbocycles. The minimum atomic E-state index is 0.225. The van der Waals surface area contributed by atoms with Gasteiger partial charge in [-0.3, -0.25) is 4.79 Å². The van der Waals surface area contributed by atoms with Crippen LogP contribution in [0.3, 0.4) is 0 Å². The first-order valence-electron chi connectivity index (χ1n) is 6.47.